The van der Waals surface area contributed by atoms with Gasteiger partial charge in [-0.3, -0.25) is 4.79 Å². The van der Waals surface area contributed by atoms with E-state index in [0.29, 0.717) is 19.8 Å². The third-order valence-corrected chi connectivity index (χ3v) is 4.28. The summed E-state index contributed by atoms with van der Waals surface area (Å²) in [6.45, 7) is 9.64. The Labute approximate surface area is 168 Å². The topological polar surface area (TPSA) is 59.6 Å². The Morgan fingerprint density at radius 2 is 1.71 bits per heavy atom. The monoisotopic (exact) mass is 384 g/mol. The fourth-order valence-corrected chi connectivity index (χ4v) is 2.67. The molecule has 0 heterocycles. The van der Waals surface area contributed by atoms with E-state index in [0.717, 1.165) is 23.4 Å². The maximum absolute atomic E-state index is 12.4. The zero-order valence-electron chi connectivity index (χ0n) is 17.3. The number of hydrogen-bond acceptors (Lipinski definition) is 4. The first-order valence-electron chi connectivity index (χ1n) is 9.92. The van der Waals surface area contributed by atoms with Crippen molar-refractivity contribution in [2.45, 2.75) is 52.9 Å². The van der Waals surface area contributed by atoms with Crippen molar-refractivity contribution >= 4 is 17.3 Å². The van der Waals surface area contributed by atoms with Crippen molar-refractivity contribution in [2.24, 2.45) is 0 Å². The van der Waals surface area contributed by atoms with Gasteiger partial charge in [-0.1, -0.05) is 31.2 Å². The van der Waals surface area contributed by atoms with E-state index in [9.17, 15) is 4.79 Å². The summed E-state index contributed by atoms with van der Waals surface area (Å²) in [5, 5.41) is 6.19. The van der Waals surface area contributed by atoms with Crippen molar-refractivity contribution in [3.63, 3.8) is 0 Å². The highest BCUT2D eigenvalue weighted by Crippen LogP contribution is 2.15. The van der Waals surface area contributed by atoms with Crippen molar-refractivity contribution in [1.29, 1.82) is 0 Å². The molecule has 152 valence electrons. The number of rotatable bonds is 11. The normalized spacial score (nSPS) is 12.0. The van der Waals surface area contributed by atoms with Crippen LogP contribution in [0.1, 0.15) is 38.8 Å². The van der Waals surface area contributed by atoms with E-state index >= 15 is 0 Å². The molecule has 0 bridgehead atoms. The van der Waals surface area contributed by atoms with Crippen LogP contribution in [0.15, 0.2) is 48.5 Å². The molecule has 0 aliphatic rings. The van der Waals surface area contributed by atoms with Gasteiger partial charge in [-0.2, -0.15) is 0 Å². The van der Waals surface area contributed by atoms with Gasteiger partial charge in [-0.25, -0.2) is 0 Å². The Kier molecular flexibility index (Phi) is 8.98. The highest BCUT2D eigenvalue weighted by molar-refractivity contribution is 5.96. The number of aryl methyl sites for hydroxylation is 1. The van der Waals surface area contributed by atoms with Crippen LogP contribution in [0.25, 0.3) is 0 Å². The number of benzene rings is 2. The van der Waals surface area contributed by atoms with E-state index in [1.165, 1.54) is 5.56 Å². The van der Waals surface area contributed by atoms with Crippen LogP contribution in [0.4, 0.5) is 11.4 Å². The van der Waals surface area contributed by atoms with E-state index in [4.69, 9.17) is 9.47 Å². The van der Waals surface area contributed by atoms with Crippen LogP contribution < -0.4 is 10.6 Å². The van der Waals surface area contributed by atoms with Crippen LogP contribution >= 0.6 is 0 Å². The summed E-state index contributed by atoms with van der Waals surface area (Å²) in [5.41, 5.74) is 4.00. The number of carbonyl (C=O) groups is 1. The number of hydrogen-bond donors (Lipinski definition) is 2. The molecule has 5 nitrogen and oxygen atoms in total. The average molecular weight is 385 g/mol. The summed E-state index contributed by atoms with van der Waals surface area (Å²) in [7, 11) is 0. The van der Waals surface area contributed by atoms with Gasteiger partial charge in [0, 0.05) is 11.4 Å². The molecular weight excluding hydrogens is 352 g/mol. The van der Waals surface area contributed by atoms with Crippen LogP contribution in [0.2, 0.25) is 0 Å². The smallest absolute Gasteiger partial charge is 0.246 e. The molecule has 0 radical (unpaired) electrons. The molecule has 0 spiro atoms. The van der Waals surface area contributed by atoms with Gasteiger partial charge in [0.25, 0.3) is 0 Å². The standard InChI is InChI=1S/C23H32N2O3/c1-5-19-9-11-21(12-10-19)25-23(26)18(4)24-22-8-6-7-20(15-22)16-27-13-14-28-17(2)3/h6-12,15,17-18,24H,5,13-14,16H2,1-4H3,(H,25,26). The van der Waals surface area contributed by atoms with E-state index < -0.39 is 0 Å². The molecule has 0 fully saturated rings. The predicted molar refractivity (Wildman–Crippen MR) is 115 cm³/mol. The number of ether oxygens (including phenoxy) is 2. The molecule has 0 aromatic heterocycles. The SMILES string of the molecule is CCc1ccc(NC(=O)C(C)Nc2cccc(COCCOC(C)C)c2)cc1. The first-order valence-corrected chi connectivity index (χ1v) is 9.92. The Hall–Kier alpha value is -2.37. The van der Waals surface area contributed by atoms with Gasteiger partial charge >= 0.3 is 0 Å². The molecule has 1 atom stereocenters. The Bertz CT molecular complexity index is 729. The first-order chi connectivity index (χ1) is 13.5. The largest absolute Gasteiger partial charge is 0.376 e. The molecular formula is C23H32N2O3. The highest BCUT2D eigenvalue weighted by atomic mass is 16.5. The Morgan fingerprint density at radius 1 is 0.964 bits per heavy atom. The molecule has 1 unspecified atom stereocenters. The number of anilines is 2. The van der Waals surface area contributed by atoms with Crippen molar-refractivity contribution in [3.8, 4) is 0 Å². The second kappa shape index (κ2) is 11.5. The van der Waals surface area contributed by atoms with Gasteiger partial charge in [0.2, 0.25) is 5.91 Å². The van der Waals surface area contributed by atoms with Crippen molar-refractivity contribution < 1.29 is 14.3 Å². The summed E-state index contributed by atoms with van der Waals surface area (Å²) in [6.07, 6.45) is 1.20. The van der Waals surface area contributed by atoms with E-state index in [2.05, 4.69) is 17.6 Å². The third kappa shape index (κ3) is 7.71. The van der Waals surface area contributed by atoms with Gasteiger partial charge in [0.15, 0.2) is 0 Å². The van der Waals surface area contributed by atoms with Crippen LogP contribution in [0.3, 0.4) is 0 Å². The number of nitrogens with one attached hydrogen (secondary N) is 2. The molecule has 2 rings (SSSR count). The molecule has 2 aromatic rings. The van der Waals surface area contributed by atoms with E-state index in [-0.39, 0.29) is 18.1 Å². The zero-order chi connectivity index (χ0) is 20.4. The van der Waals surface area contributed by atoms with E-state index in [1.54, 1.807) is 0 Å². The number of carbonyl (C=O) groups excluding carboxylic acids is 1. The quantitative estimate of drug-likeness (QED) is 0.555. The molecule has 0 saturated heterocycles. The molecule has 0 aliphatic carbocycles. The minimum atomic E-state index is -0.360. The lowest BCUT2D eigenvalue weighted by atomic mass is 10.1. The third-order valence-electron chi connectivity index (χ3n) is 4.28. The van der Waals surface area contributed by atoms with Crippen LogP contribution in [0.5, 0.6) is 0 Å². The van der Waals surface area contributed by atoms with E-state index in [1.807, 2.05) is 69.3 Å². The van der Waals surface area contributed by atoms with Gasteiger partial charge in [0.1, 0.15) is 6.04 Å². The van der Waals surface area contributed by atoms with Gasteiger partial charge in [-0.15, -0.1) is 0 Å². The number of amides is 1. The summed E-state index contributed by atoms with van der Waals surface area (Å²) in [4.78, 5) is 12.4. The van der Waals surface area contributed by atoms with Gasteiger partial charge in [0.05, 0.1) is 25.9 Å². The fourth-order valence-electron chi connectivity index (χ4n) is 2.67. The van der Waals surface area contributed by atoms with Crippen molar-refractivity contribution in [1.82, 2.24) is 0 Å². The zero-order valence-corrected chi connectivity index (χ0v) is 17.3. The lowest BCUT2D eigenvalue weighted by molar-refractivity contribution is -0.116. The van der Waals surface area contributed by atoms with Crippen molar-refractivity contribution in [3.05, 3.63) is 59.7 Å². The minimum absolute atomic E-state index is 0.0725. The highest BCUT2D eigenvalue weighted by Gasteiger charge is 2.13. The molecule has 0 aliphatic heterocycles. The lowest BCUT2D eigenvalue weighted by Gasteiger charge is -2.16. The van der Waals surface area contributed by atoms with Crippen LogP contribution in [0, 0.1) is 0 Å². The maximum atomic E-state index is 12.4. The molecule has 28 heavy (non-hydrogen) atoms. The lowest BCUT2D eigenvalue weighted by Crippen LogP contribution is -2.31. The second-order valence-electron chi connectivity index (χ2n) is 7.08. The molecule has 0 saturated carbocycles. The second-order valence-corrected chi connectivity index (χ2v) is 7.08. The first kappa shape index (κ1) is 21.9. The molecule has 5 heteroatoms. The minimum Gasteiger partial charge on any atom is -0.376 e. The summed E-state index contributed by atoms with van der Waals surface area (Å²) >= 11 is 0. The summed E-state index contributed by atoms with van der Waals surface area (Å²) < 4.78 is 11.1. The Balaban J connectivity index is 1.81. The molecule has 1 amide bonds. The van der Waals surface area contributed by atoms with Crippen LogP contribution in [-0.4, -0.2) is 31.3 Å². The Morgan fingerprint density at radius 3 is 2.39 bits per heavy atom. The molecule has 2 aromatic carbocycles. The summed E-state index contributed by atoms with van der Waals surface area (Å²) in [6, 6.07) is 15.5. The van der Waals surface area contributed by atoms with Crippen molar-refractivity contribution in [2.75, 3.05) is 23.8 Å². The summed E-state index contributed by atoms with van der Waals surface area (Å²) in [5.74, 6) is -0.0725. The van der Waals surface area contributed by atoms with Gasteiger partial charge in [-0.05, 0) is 62.6 Å². The van der Waals surface area contributed by atoms with Crippen LogP contribution in [-0.2, 0) is 27.3 Å². The maximum Gasteiger partial charge on any atom is 0.246 e. The predicted octanol–water partition coefficient (Wildman–Crippen LogP) is 4.63. The van der Waals surface area contributed by atoms with Gasteiger partial charge < -0.3 is 20.1 Å². The average Bonchev–Trinajstić information content (AvgIpc) is 2.68. The fraction of sp³-hybridized carbons (Fsp3) is 0.435. The molecule has 2 N–H and O–H groups in total.